The van der Waals surface area contributed by atoms with Crippen LogP contribution in [-0.2, 0) is 11.2 Å². The lowest BCUT2D eigenvalue weighted by atomic mass is 9.75. The van der Waals surface area contributed by atoms with Gasteiger partial charge in [0.1, 0.15) is 5.82 Å². The highest BCUT2D eigenvalue weighted by Crippen LogP contribution is 2.38. The number of benzene rings is 1. The molecule has 2 N–H and O–H groups in total. The zero-order chi connectivity index (χ0) is 17.8. The maximum Gasteiger partial charge on any atom is 0.224 e. The number of aliphatic hydroxyl groups excluding tert-OH is 1. The standard InChI is InChI=1S/C19H21FN2O3/c1-25-18-6-5-13(11-21-18)19(14-9-16(23)10-14)22-17(24)8-12-3-2-4-15(20)7-12/h2-7,11,14,16,19,23H,8-10H2,1H3,(H,22,24). The maximum atomic E-state index is 13.3. The molecule has 25 heavy (non-hydrogen) atoms. The molecule has 3 rings (SSSR count). The average molecular weight is 344 g/mol. The third-order valence-corrected chi connectivity index (χ3v) is 4.52. The van der Waals surface area contributed by atoms with Crippen molar-refractivity contribution in [3.05, 3.63) is 59.5 Å². The number of nitrogens with zero attached hydrogens (tertiary/aromatic N) is 1. The minimum atomic E-state index is -0.358. The molecule has 1 atom stereocenters. The molecule has 1 aromatic heterocycles. The van der Waals surface area contributed by atoms with Gasteiger partial charge in [0, 0.05) is 12.3 Å². The van der Waals surface area contributed by atoms with Crippen molar-refractivity contribution in [3.63, 3.8) is 0 Å². The monoisotopic (exact) mass is 344 g/mol. The molecule has 0 radical (unpaired) electrons. The molecule has 2 aromatic rings. The fraction of sp³-hybridized carbons (Fsp3) is 0.368. The zero-order valence-corrected chi connectivity index (χ0v) is 14.0. The quantitative estimate of drug-likeness (QED) is 0.844. The van der Waals surface area contributed by atoms with Crippen LogP contribution in [0.2, 0.25) is 0 Å². The largest absolute Gasteiger partial charge is 0.481 e. The van der Waals surface area contributed by atoms with Gasteiger partial charge in [-0.1, -0.05) is 18.2 Å². The van der Waals surface area contributed by atoms with Crippen molar-refractivity contribution >= 4 is 5.91 Å². The lowest BCUT2D eigenvalue weighted by molar-refractivity contribution is -0.122. The molecule has 0 spiro atoms. The van der Waals surface area contributed by atoms with Crippen LogP contribution in [0.3, 0.4) is 0 Å². The molecule has 0 saturated heterocycles. The van der Waals surface area contributed by atoms with Gasteiger partial charge in [-0.3, -0.25) is 4.79 Å². The van der Waals surface area contributed by atoms with Crippen LogP contribution in [0.25, 0.3) is 0 Å². The summed E-state index contributed by atoms with van der Waals surface area (Å²) in [5.41, 5.74) is 1.49. The molecule has 0 aliphatic heterocycles. The van der Waals surface area contributed by atoms with Crippen molar-refractivity contribution < 1.29 is 19.0 Å². The molecule has 1 saturated carbocycles. The highest BCUT2D eigenvalue weighted by atomic mass is 19.1. The van der Waals surface area contributed by atoms with Crippen LogP contribution < -0.4 is 10.1 Å². The molecule has 5 nitrogen and oxygen atoms in total. The van der Waals surface area contributed by atoms with E-state index in [4.69, 9.17) is 4.74 Å². The Bertz CT molecular complexity index is 730. The van der Waals surface area contributed by atoms with E-state index in [9.17, 15) is 14.3 Å². The van der Waals surface area contributed by atoms with Gasteiger partial charge in [-0.15, -0.1) is 0 Å². The van der Waals surface area contributed by atoms with E-state index in [-0.39, 0.29) is 36.2 Å². The normalized spacial score (nSPS) is 20.4. The van der Waals surface area contributed by atoms with Gasteiger partial charge in [0.05, 0.1) is 25.7 Å². The van der Waals surface area contributed by atoms with Crippen molar-refractivity contribution in [3.8, 4) is 5.88 Å². The minimum Gasteiger partial charge on any atom is -0.481 e. The predicted molar refractivity (Wildman–Crippen MR) is 90.5 cm³/mol. The van der Waals surface area contributed by atoms with Gasteiger partial charge in [-0.05, 0) is 42.0 Å². The molecule has 1 aromatic carbocycles. The zero-order valence-electron chi connectivity index (χ0n) is 14.0. The van der Waals surface area contributed by atoms with E-state index in [1.54, 1.807) is 31.5 Å². The van der Waals surface area contributed by atoms with Crippen LogP contribution in [0.1, 0.15) is 30.0 Å². The van der Waals surface area contributed by atoms with E-state index in [1.165, 1.54) is 12.1 Å². The number of pyridine rings is 1. The smallest absolute Gasteiger partial charge is 0.224 e. The summed E-state index contributed by atoms with van der Waals surface area (Å²) in [6.45, 7) is 0. The maximum absolute atomic E-state index is 13.3. The summed E-state index contributed by atoms with van der Waals surface area (Å²) in [7, 11) is 1.54. The van der Waals surface area contributed by atoms with Crippen LogP contribution in [-0.4, -0.2) is 29.2 Å². The first-order chi connectivity index (χ1) is 12.0. The molecule has 1 amide bonds. The topological polar surface area (TPSA) is 71.5 Å². The minimum absolute atomic E-state index is 0.104. The highest BCUT2D eigenvalue weighted by molar-refractivity contribution is 5.79. The van der Waals surface area contributed by atoms with Crippen molar-refractivity contribution in [2.45, 2.75) is 31.4 Å². The lowest BCUT2D eigenvalue weighted by Crippen LogP contribution is -2.41. The number of hydrogen-bond donors (Lipinski definition) is 2. The second kappa shape index (κ2) is 7.61. The predicted octanol–water partition coefficient (Wildman–Crippen LogP) is 2.40. The van der Waals surface area contributed by atoms with E-state index in [2.05, 4.69) is 10.3 Å². The van der Waals surface area contributed by atoms with Gasteiger partial charge < -0.3 is 15.2 Å². The first kappa shape index (κ1) is 17.4. The van der Waals surface area contributed by atoms with Gasteiger partial charge in [-0.25, -0.2) is 9.37 Å². The van der Waals surface area contributed by atoms with Gasteiger partial charge in [0.15, 0.2) is 0 Å². The number of ether oxygens (including phenoxy) is 1. The SMILES string of the molecule is COc1ccc(C(NC(=O)Cc2cccc(F)c2)C2CC(O)C2)cn1. The summed E-state index contributed by atoms with van der Waals surface area (Å²) in [6.07, 6.45) is 2.73. The van der Waals surface area contributed by atoms with E-state index in [0.717, 1.165) is 5.56 Å². The van der Waals surface area contributed by atoms with Crippen LogP contribution in [0.15, 0.2) is 42.6 Å². The fourth-order valence-electron chi connectivity index (χ4n) is 3.13. The van der Waals surface area contributed by atoms with E-state index in [0.29, 0.717) is 24.3 Å². The number of carbonyl (C=O) groups is 1. The summed E-state index contributed by atoms with van der Waals surface area (Å²) in [4.78, 5) is 16.6. The molecule has 1 unspecified atom stereocenters. The Kier molecular flexibility index (Phi) is 5.28. The highest BCUT2D eigenvalue weighted by Gasteiger charge is 2.35. The van der Waals surface area contributed by atoms with Gasteiger partial charge in [0.25, 0.3) is 0 Å². The number of aromatic nitrogens is 1. The molecule has 1 fully saturated rings. The Hall–Kier alpha value is -2.47. The Morgan fingerprint density at radius 3 is 2.80 bits per heavy atom. The molecule has 132 valence electrons. The van der Waals surface area contributed by atoms with Crippen LogP contribution in [0.4, 0.5) is 4.39 Å². The summed E-state index contributed by atoms with van der Waals surface area (Å²) in [5, 5.41) is 12.6. The number of carbonyl (C=O) groups excluding carboxylic acids is 1. The molecular weight excluding hydrogens is 323 g/mol. The summed E-state index contributed by atoms with van der Waals surface area (Å²) in [5.74, 6) is 0.111. The van der Waals surface area contributed by atoms with E-state index >= 15 is 0 Å². The first-order valence-corrected chi connectivity index (χ1v) is 8.27. The molecular formula is C19H21FN2O3. The Morgan fingerprint density at radius 2 is 2.20 bits per heavy atom. The van der Waals surface area contributed by atoms with Crippen LogP contribution in [0.5, 0.6) is 5.88 Å². The lowest BCUT2D eigenvalue weighted by Gasteiger charge is -2.38. The van der Waals surface area contributed by atoms with Crippen molar-refractivity contribution in [1.29, 1.82) is 0 Å². The number of nitrogens with one attached hydrogen (secondary N) is 1. The molecule has 0 bridgehead atoms. The third kappa shape index (κ3) is 4.33. The summed E-state index contributed by atoms with van der Waals surface area (Å²) >= 11 is 0. The first-order valence-electron chi connectivity index (χ1n) is 8.27. The van der Waals surface area contributed by atoms with Crippen LogP contribution >= 0.6 is 0 Å². The van der Waals surface area contributed by atoms with E-state index < -0.39 is 0 Å². The number of methoxy groups -OCH3 is 1. The second-order valence-electron chi connectivity index (χ2n) is 6.37. The number of amides is 1. The average Bonchev–Trinajstić information content (AvgIpc) is 2.57. The molecule has 1 aliphatic carbocycles. The van der Waals surface area contributed by atoms with Gasteiger partial charge in [0.2, 0.25) is 11.8 Å². The third-order valence-electron chi connectivity index (χ3n) is 4.52. The molecule has 1 aliphatic rings. The molecule has 6 heteroatoms. The number of halogens is 1. The van der Waals surface area contributed by atoms with Crippen molar-refractivity contribution in [1.82, 2.24) is 10.3 Å². The van der Waals surface area contributed by atoms with E-state index in [1.807, 2.05) is 6.07 Å². The summed E-state index contributed by atoms with van der Waals surface area (Å²) in [6, 6.07) is 9.40. The fourth-order valence-corrected chi connectivity index (χ4v) is 3.13. The summed E-state index contributed by atoms with van der Waals surface area (Å²) < 4.78 is 18.3. The van der Waals surface area contributed by atoms with Crippen molar-refractivity contribution in [2.24, 2.45) is 5.92 Å². The Balaban J connectivity index is 1.71. The number of aliphatic hydroxyl groups is 1. The van der Waals surface area contributed by atoms with Gasteiger partial charge >= 0.3 is 0 Å². The second-order valence-corrected chi connectivity index (χ2v) is 6.37. The van der Waals surface area contributed by atoms with Crippen molar-refractivity contribution in [2.75, 3.05) is 7.11 Å². The number of hydrogen-bond acceptors (Lipinski definition) is 4. The Labute approximate surface area is 145 Å². The van der Waals surface area contributed by atoms with Gasteiger partial charge in [-0.2, -0.15) is 0 Å². The molecule has 1 heterocycles. The van der Waals surface area contributed by atoms with Crippen LogP contribution in [0, 0.1) is 11.7 Å². The number of rotatable bonds is 6. The Morgan fingerprint density at radius 1 is 1.40 bits per heavy atom.